The molecule has 0 unspecified atom stereocenters. The van der Waals surface area contributed by atoms with Gasteiger partial charge in [0.15, 0.2) is 0 Å². The molecule has 1 rings (SSSR count). The maximum Gasteiger partial charge on any atom is 0.243 e. The number of benzene rings is 1. The summed E-state index contributed by atoms with van der Waals surface area (Å²) in [5, 5.41) is 0. The minimum Gasteiger partial charge on any atom is -0.399 e. The topological polar surface area (TPSA) is 63.4 Å². The molecular formula is C13H22N2O2S. The fourth-order valence-electron chi connectivity index (χ4n) is 1.93. The summed E-state index contributed by atoms with van der Waals surface area (Å²) < 4.78 is 26.5. The van der Waals surface area contributed by atoms with E-state index in [1.165, 1.54) is 10.4 Å². The highest BCUT2D eigenvalue weighted by Gasteiger charge is 2.23. The van der Waals surface area contributed by atoms with Gasteiger partial charge in [-0.25, -0.2) is 8.42 Å². The molecule has 0 aromatic heterocycles. The van der Waals surface area contributed by atoms with Gasteiger partial charge in [0.25, 0.3) is 0 Å². The lowest BCUT2D eigenvalue weighted by molar-refractivity contribution is 0.410. The van der Waals surface area contributed by atoms with E-state index in [0.717, 1.165) is 18.4 Å². The van der Waals surface area contributed by atoms with Crippen LogP contribution in [-0.4, -0.2) is 25.8 Å². The summed E-state index contributed by atoms with van der Waals surface area (Å²) in [6, 6.07) is 4.97. The van der Waals surface area contributed by atoms with Crippen molar-refractivity contribution in [2.24, 2.45) is 0 Å². The first-order valence-corrected chi connectivity index (χ1v) is 7.73. The third kappa shape index (κ3) is 3.46. The highest BCUT2D eigenvalue weighted by atomic mass is 32.2. The van der Waals surface area contributed by atoms with Crippen LogP contribution in [0.2, 0.25) is 0 Å². The van der Waals surface area contributed by atoms with E-state index in [1.807, 2.05) is 20.8 Å². The summed E-state index contributed by atoms with van der Waals surface area (Å²) in [7, 11) is -3.42. The van der Waals surface area contributed by atoms with Crippen LogP contribution in [0.1, 0.15) is 32.3 Å². The Morgan fingerprint density at radius 3 is 2.11 bits per heavy atom. The van der Waals surface area contributed by atoms with Gasteiger partial charge in [0.2, 0.25) is 10.0 Å². The van der Waals surface area contributed by atoms with E-state index in [0.29, 0.717) is 23.7 Å². The third-order valence-corrected chi connectivity index (χ3v) is 4.53. The summed E-state index contributed by atoms with van der Waals surface area (Å²) in [4.78, 5) is 0.293. The van der Waals surface area contributed by atoms with Gasteiger partial charge in [0.1, 0.15) is 0 Å². The zero-order chi connectivity index (χ0) is 13.8. The van der Waals surface area contributed by atoms with Crippen molar-refractivity contribution in [1.29, 1.82) is 0 Å². The van der Waals surface area contributed by atoms with E-state index in [9.17, 15) is 8.42 Å². The molecule has 0 bridgehead atoms. The number of sulfonamides is 1. The smallest absolute Gasteiger partial charge is 0.243 e. The Labute approximate surface area is 110 Å². The third-order valence-electron chi connectivity index (χ3n) is 2.66. The second kappa shape index (κ2) is 6.20. The highest BCUT2D eigenvalue weighted by molar-refractivity contribution is 7.89. The van der Waals surface area contributed by atoms with Crippen molar-refractivity contribution >= 4 is 15.7 Å². The summed E-state index contributed by atoms with van der Waals surface area (Å²) in [5.74, 6) is 0. The minimum atomic E-state index is -3.42. The van der Waals surface area contributed by atoms with Crippen LogP contribution in [0.15, 0.2) is 23.1 Å². The highest BCUT2D eigenvalue weighted by Crippen LogP contribution is 2.20. The molecule has 0 atom stereocenters. The van der Waals surface area contributed by atoms with Gasteiger partial charge in [0, 0.05) is 18.8 Å². The van der Waals surface area contributed by atoms with Crippen molar-refractivity contribution in [1.82, 2.24) is 4.31 Å². The van der Waals surface area contributed by atoms with E-state index in [4.69, 9.17) is 5.73 Å². The summed E-state index contributed by atoms with van der Waals surface area (Å²) in [6.07, 6.45) is 1.61. The molecule has 0 amide bonds. The Balaban J connectivity index is 3.17. The number of nitrogen functional groups attached to an aromatic ring is 1. The molecular weight excluding hydrogens is 248 g/mol. The maximum absolute atomic E-state index is 12.5. The van der Waals surface area contributed by atoms with Gasteiger partial charge in [-0.3, -0.25) is 0 Å². The van der Waals surface area contributed by atoms with Crippen LogP contribution < -0.4 is 5.73 Å². The fourth-order valence-corrected chi connectivity index (χ4v) is 3.69. The van der Waals surface area contributed by atoms with Crippen LogP contribution >= 0.6 is 0 Å². The number of nitrogens with zero attached hydrogens (tertiary/aromatic N) is 1. The molecule has 1 aromatic carbocycles. The van der Waals surface area contributed by atoms with Gasteiger partial charge in [0.05, 0.1) is 4.90 Å². The minimum absolute atomic E-state index is 0.293. The van der Waals surface area contributed by atoms with E-state index < -0.39 is 10.0 Å². The zero-order valence-corrected chi connectivity index (χ0v) is 12.1. The van der Waals surface area contributed by atoms with Gasteiger partial charge < -0.3 is 5.73 Å². The first-order chi connectivity index (χ1) is 8.41. The van der Waals surface area contributed by atoms with Gasteiger partial charge in [-0.2, -0.15) is 4.31 Å². The Bertz CT molecular complexity index is 471. The van der Waals surface area contributed by atoms with Crippen molar-refractivity contribution in [3.05, 3.63) is 23.8 Å². The van der Waals surface area contributed by atoms with Crippen LogP contribution in [0.3, 0.4) is 0 Å². The van der Waals surface area contributed by atoms with Crippen LogP contribution in [0, 0.1) is 6.92 Å². The molecule has 4 nitrogen and oxygen atoms in total. The quantitative estimate of drug-likeness (QED) is 0.807. The summed E-state index contributed by atoms with van der Waals surface area (Å²) in [6.45, 7) is 6.89. The molecule has 2 N–H and O–H groups in total. The number of rotatable bonds is 6. The number of hydrogen-bond acceptors (Lipinski definition) is 3. The average Bonchev–Trinajstić information content (AvgIpc) is 2.27. The molecule has 5 heteroatoms. The maximum atomic E-state index is 12.5. The van der Waals surface area contributed by atoms with Gasteiger partial charge in [-0.1, -0.05) is 13.8 Å². The lowest BCUT2D eigenvalue weighted by atomic mass is 10.2. The standard InChI is InChI=1S/C13H22N2O2S/c1-4-6-15(7-5-2)18(16,17)13-9-11(3)8-12(14)10-13/h8-10H,4-7,14H2,1-3H3. The fraction of sp³-hybridized carbons (Fsp3) is 0.538. The van der Waals surface area contributed by atoms with Crippen molar-refractivity contribution in [2.75, 3.05) is 18.8 Å². The number of anilines is 1. The molecule has 0 fully saturated rings. The molecule has 0 radical (unpaired) electrons. The molecule has 0 aliphatic carbocycles. The van der Waals surface area contributed by atoms with Crippen molar-refractivity contribution < 1.29 is 8.42 Å². The second-order valence-electron chi connectivity index (χ2n) is 4.48. The molecule has 18 heavy (non-hydrogen) atoms. The molecule has 0 saturated carbocycles. The second-order valence-corrected chi connectivity index (χ2v) is 6.42. The van der Waals surface area contributed by atoms with E-state index in [2.05, 4.69) is 0 Å². The van der Waals surface area contributed by atoms with Gasteiger partial charge in [-0.05, 0) is 43.5 Å². The molecule has 0 spiro atoms. The largest absolute Gasteiger partial charge is 0.399 e. The monoisotopic (exact) mass is 270 g/mol. The van der Waals surface area contributed by atoms with Crippen molar-refractivity contribution in [2.45, 2.75) is 38.5 Å². The Hall–Kier alpha value is -1.07. The Kier molecular flexibility index (Phi) is 5.16. The lowest BCUT2D eigenvalue weighted by Gasteiger charge is -2.21. The van der Waals surface area contributed by atoms with Crippen LogP contribution in [-0.2, 0) is 10.0 Å². The van der Waals surface area contributed by atoms with Crippen LogP contribution in [0.4, 0.5) is 5.69 Å². The molecule has 0 heterocycles. The van der Waals surface area contributed by atoms with Crippen molar-refractivity contribution in [3.63, 3.8) is 0 Å². The zero-order valence-electron chi connectivity index (χ0n) is 11.3. The molecule has 0 saturated heterocycles. The number of hydrogen-bond donors (Lipinski definition) is 1. The first kappa shape index (κ1) is 15.0. The lowest BCUT2D eigenvalue weighted by Crippen LogP contribution is -2.32. The summed E-state index contributed by atoms with van der Waals surface area (Å²) in [5.41, 5.74) is 7.07. The van der Waals surface area contributed by atoms with Crippen LogP contribution in [0.5, 0.6) is 0 Å². The molecule has 1 aromatic rings. The van der Waals surface area contributed by atoms with Gasteiger partial charge in [-0.15, -0.1) is 0 Å². The first-order valence-electron chi connectivity index (χ1n) is 6.29. The number of aryl methyl sites for hydroxylation is 1. The summed E-state index contributed by atoms with van der Waals surface area (Å²) >= 11 is 0. The predicted octanol–water partition coefficient (Wildman–Crippen LogP) is 2.39. The van der Waals surface area contributed by atoms with Crippen LogP contribution in [0.25, 0.3) is 0 Å². The van der Waals surface area contributed by atoms with E-state index in [-0.39, 0.29) is 0 Å². The van der Waals surface area contributed by atoms with Crippen molar-refractivity contribution in [3.8, 4) is 0 Å². The molecule has 0 aliphatic heterocycles. The average molecular weight is 270 g/mol. The number of nitrogens with two attached hydrogens (primary N) is 1. The predicted molar refractivity (Wildman–Crippen MR) is 74.9 cm³/mol. The molecule has 0 aliphatic rings. The van der Waals surface area contributed by atoms with Gasteiger partial charge >= 0.3 is 0 Å². The Morgan fingerprint density at radius 2 is 1.67 bits per heavy atom. The normalized spacial score (nSPS) is 12.0. The van der Waals surface area contributed by atoms with E-state index in [1.54, 1.807) is 12.1 Å². The SMILES string of the molecule is CCCN(CCC)S(=O)(=O)c1cc(C)cc(N)c1. The Morgan fingerprint density at radius 1 is 1.11 bits per heavy atom. The van der Waals surface area contributed by atoms with E-state index >= 15 is 0 Å². The molecule has 102 valence electrons.